The summed E-state index contributed by atoms with van der Waals surface area (Å²) in [6, 6.07) is 8.88. The Bertz CT molecular complexity index is 1420. The molecule has 0 radical (unpaired) electrons. The first-order valence-corrected chi connectivity index (χ1v) is 13.0. The number of pyridine rings is 1. The zero-order valence-corrected chi connectivity index (χ0v) is 20.0. The third kappa shape index (κ3) is 4.31. The number of benzene rings is 1. The lowest BCUT2D eigenvalue weighted by molar-refractivity contribution is -0.684. The maximum Gasteiger partial charge on any atom is 0.350 e. The lowest BCUT2D eigenvalue weighted by Gasteiger charge is -2.33. The van der Waals surface area contributed by atoms with E-state index in [0.717, 1.165) is 18.9 Å². The van der Waals surface area contributed by atoms with Crippen molar-refractivity contribution in [2.45, 2.75) is 30.8 Å². The Morgan fingerprint density at radius 3 is 2.53 bits per heavy atom. The smallest absolute Gasteiger partial charge is 0.350 e. The van der Waals surface area contributed by atoms with Gasteiger partial charge in [0.1, 0.15) is 11.4 Å². The van der Waals surface area contributed by atoms with Crippen molar-refractivity contribution < 1.29 is 22.5 Å². The molecule has 1 N–H and O–H groups in total. The molecular formula is C23H25ClFN4O4S+. The summed E-state index contributed by atoms with van der Waals surface area (Å²) in [6.45, 7) is 1.96. The molecule has 1 saturated heterocycles. The van der Waals surface area contributed by atoms with E-state index in [2.05, 4.69) is 0 Å². The molecule has 1 aromatic carbocycles. The molecule has 2 aliphatic rings. The van der Waals surface area contributed by atoms with Crippen LogP contribution < -0.4 is 10.1 Å². The van der Waals surface area contributed by atoms with Crippen molar-refractivity contribution >= 4 is 27.3 Å². The molecular weight excluding hydrogens is 483 g/mol. The van der Waals surface area contributed by atoms with Crippen LogP contribution in [0.3, 0.4) is 0 Å². The number of hydrogen-bond donors (Lipinski definition) is 1. The van der Waals surface area contributed by atoms with Crippen molar-refractivity contribution in [3.05, 3.63) is 69.4 Å². The summed E-state index contributed by atoms with van der Waals surface area (Å²) in [5.74, 6) is -0.320. The number of aromatic nitrogens is 2. The van der Waals surface area contributed by atoms with Gasteiger partial charge in [-0.2, -0.15) is 13.3 Å². The molecule has 1 saturated carbocycles. The summed E-state index contributed by atoms with van der Waals surface area (Å²) in [4.78, 5) is 15.0. The minimum atomic E-state index is -3.87. The molecule has 34 heavy (non-hydrogen) atoms. The van der Waals surface area contributed by atoms with Crippen LogP contribution in [0.1, 0.15) is 18.4 Å². The van der Waals surface area contributed by atoms with Gasteiger partial charge in [0.25, 0.3) is 11.5 Å². The minimum Gasteiger partial charge on any atom is -0.477 e. The first-order chi connectivity index (χ1) is 16.3. The van der Waals surface area contributed by atoms with E-state index >= 15 is 0 Å². The predicted octanol–water partition coefficient (Wildman–Crippen LogP) is 2.00. The Morgan fingerprint density at radius 2 is 1.85 bits per heavy atom. The Kier molecular flexibility index (Phi) is 6.09. The van der Waals surface area contributed by atoms with Crippen LogP contribution in [0, 0.1) is 11.7 Å². The van der Waals surface area contributed by atoms with E-state index in [1.807, 2.05) is 17.0 Å². The molecule has 180 valence electrons. The Hall–Kier alpha value is -2.53. The Morgan fingerprint density at radius 1 is 1.12 bits per heavy atom. The Balaban J connectivity index is 1.36. The fourth-order valence-corrected chi connectivity index (χ4v) is 5.91. The van der Waals surface area contributed by atoms with Gasteiger partial charge in [0.2, 0.25) is 10.0 Å². The van der Waals surface area contributed by atoms with Crippen molar-refractivity contribution in [2.75, 3.05) is 26.2 Å². The lowest BCUT2D eigenvalue weighted by Crippen LogP contribution is -2.49. The molecule has 11 heteroatoms. The minimum absolute atomic E-state index is 0.0326. The molecule has 8 nitrogen and oxygen atoms in total. The van der Waals surface area contributed by atoms with Crippen LogP contribution >= 0.6 is 11.6 Å². The van der Waals surface area contributed by atoms with Crippen molar-refractivity contribution in [1.82, 2.24) is 13.6 Å². The number of halogens is 2. The third-order valence-electron chi connectivity index (χ3n) is 6.50. The highest BCUT2D eigenvalue weighted by Crippen LogP contribution is 2.30. The molecule has 0 atom stereocenters. The van der Waals surface area contributed by atoms with Gasteiger partial charge in [0.05, 0.1) is 22.7 Å². The molecule has 0 spiro atoms. The summed E-state index contributed by atoms with van der Waals surface area (Å²) in [5, 5.41) is 10.9. The summed E-state index contributed by atoms with van der Waals surface area (Å²) in [7, 11) is -3.87. The molecule has 0 amide bonds. The number of fused-ring (bicyclic) bond motifs is 1. The zero-order valence-electron chi connectivity index (χ0n) is 18.4. The van der Waals surface area contributed by atoms with Gasteiger partial charge < -0.3 is 5.11 Å². The van der Waals surface area contributed by atoms with Crippen molar-refractivity contribution in [1.29, 1.82) is 0 Å². The number of piperazine rings is 1. The molecule has 3 heterocycles. The van der Waals surface area contributed by atoms with Crippen molar-refractivity contribution in [3.8, 4) is 5.88 Å². The van der Waals surface area contributed by atoms with Gasteiger partial charge in [0, 0.05) is 38.8 Å². The molecule has 5 rings (SSSR count). The molecule has 1 aliphatic carbocycles. The van der Waals surface area contributed by atoms with Crippen LogP contribution in [0.25, 0.3) is 5.65 Å². The molecule has 0 unspecified atom stereocenters. The molecule has 0 bridgehead atoms. The highest BCUT2D eigenvalue weighted by atomic mass is 35.5. The lowest BCUT2D eigenvalue weighted by atomic mass is 10.2. The highest BCUT2D eigenvalue weighted by molar-refractivity contribution is 7.89. The van der Waals surface area contributed by atoms with Crippen molar-refractivity contribution in [2.24, 2.45) is 5.92 Å². The quantitative estimate of drug-likeness (QED) is 0.516. The average molecular weight is 508 g/mol. The van der Waals surface area contributed by atoms with Crippen LogP contribution in [0.5, 0.6) is 5.88 Å². The number of nitrogens with zero attached hydrogens (tertiary/aromatic N) is 4. The van der Waals surface area contributed by atoms with Gasteiger partial charge in [-0.15, -0.1) is 0 Å². The topological polar surface area (TPSA) is 86.2 Å². The molecule has 3 aromatic rings. The van der Waals surface area contributed by atoms with Crippen LogP contribution in [0.4, 0.5) is 4.39 Å². The number of aromatic hydroxyl groups is 1. The highest BCUT2D eigenvalue weighted by Gasteiger charge is 2.33. The second-order valence-corrected chi connectivity index (χ2v) is 11.2. The van der Waals surface area contributed by atoms with E-state index in [0.29, 0.717) is 36.8 Å². The molecule has 2 aromatic heterocycles. The van der Waals surface area contributed by atoms with E-state index < -0.39 is 15.8 Å². The van der Waals surface area contributed by atoms with E-state index in [1.54, 1.807) is 21.2 Å². The average Bonchev–Trinajstić information content (AvgIpc) is 3.66. The second-order valence-electron chi connectivity index (χ2n) is 8.85. The number of sulfonamides is 1. The second kappa shape index (κ2) is 8.92. The monoisotopic (exact) mass is 507 g/mol. The van der Waals surface area contributed by atoms with Gasteiger partial charge in [-0.05, 0) is 43.0 Å². The summed E-state index contributed by atoms with van der Waals surface area (Å²) in [5.41, 5.74) is 0.652. The summed E-state index contributed by atoms with van der Waals surface area (Å²) < 4.78 is 44.3. The van der Waals surface area contributed by atoms with Gasteiger partial charge in [0.15, 0.2) is 0 Å². The fourth-order valence-electron chi connectivity index (χ4n) is 4.35. The zero-order chi connectivity index (χ0) is 24.0. The van der Waals surface area contributed by atoms with Crippen LogP contribution in [-0.2, 0) is 23.1 Å². The first-order valence-electron chi connectivity index (χ1n) is 11.2. The maximum absolute atomic E-state index is 13.8. The van der Waals surface area contributed by atoms with Crippen LogP contribution in [0.2, 0.25) is 5.02 Å². The summed E-state index contributed by atoms with van der Waals surface area (Å²) in [6.07, 6.45) is 3.90. The molecule has 2 fully saturated rings. The predicted molar refractivity (Wildman–Crippen MR) is 124 cm³/mol. The van der Waals surface area contributed by atoms with Crippen LogP contribution in [0.15, 0.2) is 52.3 Å². The largest absolute Gasteiger partial charge is 0.477 e. The van der Waals surface area contributed by atoms with Crippen LogP contribution in [-0.4, -0.2) is 53.3 Å². The molecule has 1 aliphatic heterocycles. The normalized spacial score (nSPS) is 17.9. The van der Waals surface area contributed by atoms with Gasteiger partial charge in [-0.1, -0.05) is 17.7 Å². The Labute approximate surface area is 201 Å². The van der Waals surface area contributed by atoms with E-state index in [1.165, 1.54) is 16.4 Å². The number of rotatable bonds is 6. The third-order valence-corrected chi connectivity index (χ3v) is 8.70. The fraction of sp³-hybridized carbons (Fsp3) is 0.391. The van der Waals surface area contributed by atoms with Crippen molar-refractivity contribution in [3.63, 3.8) is 0 Å². The first kappa shape index (κ1) is 23.2. The van der Waals surface area contributed by atoms with Gasteiger partial charge >= 0.3 is 5.56 Å². The standard InChI is InChI=1S/C23H24ClFN4O4S/c24-19-7-6-17(13-20(19)25)34(32,33)27-11-9-26(10-12-27)15-18-22(30)28-8-2-1-3-21(28)29(23(18)31)14-16-4-5-16/h1-3,6-8,13,16H,4-5,9-12,14-15H2/p+1. The van der Waals surface area contributed by atoms with E-state index in [4.69, 9.17) is 11.6 Å². The SMILES string of the molecule is O=c1c(CN2CCN(S(=O)(=O)c3ccc(Cl)c(F)c3)CC2)c(O)[n+](CC2CC2)c2ccccn12. The van der Waals surface area contributed by atoms with Gasteiger partial charge in [-0.3, -0.25) is 4.90 Å². The van der Waals surface area contributed by atoms with E-state index in [9.17, 15) is 22.7 Å². The summed E-state index contributed by atoms with van der Waals surface area (Å²) >= 11 is 5.68. The number of hydrogen-bond acceptors (Lipinski definition) is 5. The van der Waals surface area contributed by atoms with E-state index in [-0.39, 0.29) is 41.0 Å². The van der Waals surface area contributed by atoms with Gasteiger partial charge in [-0.25, -0.2) is 17.6 Å². The maximum atomic E-state index is 13.8.